The normalized spacial score (nSPS) is 10.6. The van der Waals surface area contributed by atoms with Crippen molar-refractivity contribution < 1.29 is 29.4 Å². The third-order valence-electron chi connectivity index (χ3n) is 1.73. The second kappa shape index (κ2) is 12.4. The smallest absolute Gasteiger partial charge is 0.303 e. The summed E-state index contributed by atoms with van der Waals surface area (Å²) in [5, 5.41) is 16.2. The lowest BCUT2D eigenvalue weighted by Gasteiger charge is -2.00. The summed E-state index contributed by atoms with van der Waals surface area (Å²) in [5.41, 5.74) is 0. The van der Waals surface area contributed by atoms with Crippen LogP contribution in [0.3, 0.4) is 0 Å². The molecule has 6 nitrogen and oxygen atoms in total. The zero-order chi connectivity index (χ0) is 13.7. The van der Waals surface area contributed by atoms with E-state index in [-0.39, 0.29) is 18.8 Å². The van der Waals surface area contributed by atoms with Crippen molar-refractivity contribution in [2.24, 2.45) is 5.92 Å². The number of hydrogen-bond donors (Lipinski definition) is 2. The Kier molecular flexibility index (Phi) is 12.8. The second-order valence-corrected chi connectivity index (χ2v) is 3.56. The van der Waals surface area contributed by atoms with Crippen molar-refractivity contribution in [3.05, 3.63) is 0 Å². The van der Waals surface area contributed by atoms with Crippen LogP contribution in [-0.2, 0) is 19.2 Å². The average Bonchev–Trinajstić information content (AvgIpc) is 2.17. The molecule has 0 aromatic carbocycles. The predicted molar refractivity (Wildman–Crippen MR) is 59.6 cm³/mol. The molecule has 0 aliphatic carbocycles. The maximum Gasteiger partial charge on any atom is 0.303 e. The Hall–Kier alpha value is -1.72. The topological polar surface area (TPSA) is 109 Å². The van der Waals surface area contributed by atoms with Crippen LogP contribution < -0.4 is 0 Å². The van der Waals surface area contributed by atoms with Crippen molar-refractivity contribution >= 4 is 24.5 Å². The minimum atomic E-state index is -0.843. The summed E-state index contributed by atoms with van der Waals surface area (Å²) < 4.78 is 0. The van der Waals surface area contributed by atoms with Gasteiger partial charge in [-0.3, -0.25) is 9.59 Å². The monoisotopic (exact) mass is 246 g/mol. The Bertz CT molecular complexity index is 248. The molecule has 0 saturated carbocycles. The van der Waals surface area contributed by atoms with E-state index in [0.29, 0.717) is 19.3 Å². The summed E-state index contributed by atoms with van der Waals surface area (Å²) in [5.74, 6) is -1.71. The maximum absolute atomic E-state index is 9.97. The van der Waals surface area contributed by atoms with Crippen molar-refractivity contribution in [1.29, 1.82) is 0 Å². The van der Waals surface area contributed by atoms with Crippen LogP contribution in [0.2, 0.25) is 0 Å². The first kappa shape index (κ1) is 17.7. The molecule has 0 aliphatic rings. The van der Waals surface area contributed by atoms with Gasteiger partial charge in [-0.1, -0.05) is 6.92 Å². The van der Waals surface area contributed by atoms with Crippen LogP contribution in [0.1, 0.15) is 39.0 Å². The van der Waals surface area contributed by atoms with E-state index in [2.05, 4.69) is 0 Å². The lowest BCUT2D eigenvalue weighted by Crippen LogP contribution is -2.03. The van der Waals surface area contributed by atoms with Gasteiger partial charge < -0.3 is 19.8 Å². The number of hydrogen-bond acceptors (Lipinski definition) is 4. The van der Waals surface area contributed by atoms with Crippen molar-refractivity contribution in [2.45, 2.75) is 39.0 Å². The highest BCUT2D eigenvalue weighted by atomic mass is 16.4. The molecule has 0 aliphatic heterocycles. The fraction of sp³-hybridized carbons (Fsp3) is 0.636. The molecule has 0 spiro atoms. The third kappa shape index (κ3) is 20.4. The van der Waals surface area contributed by atoms with Crippen LogP contribution in [0.5, 0.6) is 0 Å². The molecule has 2 N–H and O–H groups in total. The maximum atomic E-state index is 9.97. The molecule has 0 aromatic heterocycles. The molecule has 17 heavy (non-hydrogen) atoms. The molecule has 0 aromatic rings. The van der Waals surface area contributed by atoms with E-state index < -0.39 is 11.9 Å². The number of aldehydes is 2. The number of carbonyl (C=O) groups is 4. The highest BCUT2D eigenvalue weighted by molar-refractivity contribution is 5.67. The molecule has 6 heteroatoms. The zero-order valence-corrected chi connectivity index (χ0v) is 9.80. The highest BCUT2D eigenvalue weighted by Gasteiger charge is 2.05. The summed E-state index contributed by atoms with van der Waals surface area (Å²) in [6.07, 6.45) is 2.80. The van der Waals surface area contributed by atoms with Gasteiger partial charge >= 0.3 is 11.9 Å². The van der Waals surface area contributed by atoms with Crippen molar-refractivity contribution in [1.82, 2.24) is 0 Å². The summed E-state index contributed by atoms with van der Waals surface area (Å²) in [7, 11) is 0. The number of carboxylic acid groups (broad SMARTS) is 2. The Balaban J connectivity index is 0. The van der Waals surface area contributed by atoms with Gasteiger partial charge in [0.25, 0.3) is 0 Å². The van der Waals surface area contributed by atoms with Gasteiger partial charge in [-0.25, -0.2) is 0 Å². The number of aliphatic carboxylic acids is 2. The Morgan fingerprint density at radius 3 is 2.06 bits per heavy atom. The summed E-state index contributed by atoms with van der Waals surface area (Å²) >= 11 is 0. The van der Waals surface area contributed by atoms with Gasteiger partial charge in [0.2, 0.25) is 0 Å². The standard InChI is InChI=1S/C6H10O3.C5H8O3/c1-5(2-3-7)4-6(8)9;6-4-2-1-3-5(7)8/h3,5H,2,4H2,1H3,(H,8,9);4H,1-3H2,(H,7,8). The summed E-state index contributed by atoms with van der Waals surface area (Å²) in [6, 6.07) is 0. The highest BCUT2D eigenvalue weighted by Crippen LogP contribution is 2.03. The molecular weight excluding hydrogens is 228 g/mol. The third-order valence-corrected chi connectivity index (χ3v) is 1.73. The van der Waals surface area contributed by atoms with Crippen LogP contribution in [0.15, 0.2) is 0 Å². The van der Waals surface area contributed by atoms with Crippen molar-refractivity contribution in [3.8, 4) is 0 Å². The molecule has 0 bridgehead atoms. The number of carboxylic acids is 2. The predicted octanol–water partition coefficient (Wildman–Crippen LogP) is 1.13. The first-order valence-electron chi connectivity index (χ1n) is 5.24. The Morgan fingerprint density at radius 2 is 1.71 bits per heavy atom. The van der Waals surface area contributed by atoms with E-state index >= 15 is 0 Å². The fourth-order valence-electron chi connectivity index (χ4n) is 0.882. The van der Waals surface area contributed by atoms with Gasteiger partial charge in [0.1, 0.15) is 12.6 Å². The van der Waals surface area contributed by atoms with Crippen LogP contribution in [0.4, 0.5) is 0 Å². The molecular formula is C11H18O6. The van der Waals surface area contributed by atoms with Crippen LogP contribution in [0.25, 0.3) is 0 Å². The van der Waals surface area contributed by atoms with Crippen molar-refractivity contribution in [2.75, 3.05) is 0 Å². The van der Waals surface area contributed by atoms with E-state index in [1.165, 1.54) is 0 Å². The zero-order valence-electron chi connectivity index (χ0n) is 9.80. The van der Waals surface area contributed by atoms with Gasteiger partial charge in [-0.05, 0) is 12.3 Å². The molecule has 1 atom stereocenters. The van der Waals surface area contributed by atoms with E-state index in [1.807, 2.05) is 0 Å². The Labute approximate surface area is 99.6 Å². The first-order valence-corrected chi connectivity index (χ1v) is 5.24. The molecule has 1 unspecified atom stereocenters. The quantitative estimate of drug-likeness (QED) is 0.490. The molecule has 0 amide bonds. The first-order chi connectivity index (χ1) is 7.93. The largest absolute Gasteiger partial charge is 0.481 e. The second-order valence-electron chi connectivity index (χ2n) is 3.56. The van der Waals surface area contributed by atoms with E-state index in [9.17, 15) is 19.2 Å². The van der Waals surface area contributed by atoms with Crippen molar-refractivity contribution in [3.63, 3.8) is 0 Å². The summed E-state index contributed by atoms with van der Waals surface area (Å²) in [4.78, 5) is 39.1. The minimum absolute atomic E-state index is 0.0278. The molecule has 0 saturated heterocycles. The molecule has 0 heterocycles. The molecule has 0 fully saturated rings. The van der Waals surface area contributed by atoms with Gasteiger partial charge in [-0.2, -0.15) is 0 Å². The van der Waals surface area contributed by atoms with E-state index in [0.717, 1.165) is 12.6 Å². The van der Waals surface area contributed by atoms with Gasteiger partial charge in [-0.15, -0.1) is 0 Å². The SMILES string of the molecule is CC(CC=O)CC(=O)O.O=CCCCC(=O)O. The van der Waals surface area contributed by atoms with Gasteiger partial charge in [0.05, 0.1) is 0 Å². The molecule has 0 radical (unpaired) electrons. The number of rotatable bonds is 8. The van der Waals surface area contributed by atoms with E-state index in [4.69, 9.17) is 10.2 Å². The Morgan fingerprint density at radius 1 is 1.12 bits per heavy atom. The lowest BCUT2D eigenvalue weighted by molar-refractivity contribution is -0.138. The number of carbonyl (C=O) groups excluding carboxylic acids is 2. The van der Waals surface area contributed by atoms with Gasteiger partial charge in [0.15, 0.2) is 0 Å². The van der Waals surface area contributed by atoms with Crippen LogP contribution in [0, 0.1) is 5.92 Å². The van der Waals surface area contributed by atoms with Gasteiger partial charge in [0, 0.05) is 25.7 Å². The van der Waals surface area contributed by atoms with Crippen LogP contribution in [-0.4, -0.2) is 34.7 Å². The lowest BCUT2D eigenvalue weighted by atomic mass is 10.1. The van der Waals surface area contributed by atoms with E-state index in [1.54, 1.807) is 6.92 Å². The molecule has 0 rings (SSSR count). The average molecular weight is 246 g/mol. The summed E-state index contributed by atoms with van der Waals surface area (Å²) in [6.45, 7) is 1.74. The minimum Gasteiger partial charge on any atom is -0.481 e. The van der Waals surface area contributed by atoms with Crippen LogP contribution >= 0.6 is 0 Å². The number of unbranched alkanes of at least 4 members (excludes halogenated alkanes) is 1. The molecule has 98 valence electrons. The fourth-order valence-corrected chi connectivity index (χ4v) is 0.882.